The largest absolute Gasteiger partial charge is 0.339 e. The number of nitrogens with one attached hydrogen (secondary N) is 1. The van der Waals surface area contributed by atoms with Crippen LogP contribution in [0.3, 0.4) is 0 Å². The molecular weight excluding hydrogens is 362 g/mol. The molecule has 1 saturated heterocycles. The standard InChI is InChI=1S/C20H21N3O3S/c1-13-8-10-27-16(13)11-22(2)17(24)12-23-18(25)20(21-19(23)26)9-7-14-5-3-4-6-15(14)20/h3-6,8,10H,7,9,11-12H2,1-2H3,(H,21,26)/t20-/m1/s1. The minimum atomic E-state index is -1.02. The molecule has 1 aromatic carbocycles. The van der Waals surface area contributed by atoms with Gasteiger partial charge in [0.05, 0.1) is 6.54 Å². The molecular formula is C20H21N3O3S. The van der Waals surface area contributed by atoms with E-state index in [-0.39, 0.29) is 18.4 Å². The lowest BCUT2D eigenvalue weighted by Crippen LogP contribution is -2.44. The molecule has 1 N–H and O–H groups in total. The Bertz CT molecular complexity index is 938. The van der Waals surface area contributed by atoms with Gasteiger partial charge in [0, 0.05) is 11.9 Å². The van der Waals surface area contributed by atoms with Crippen molar-refractivity contribution in [3.63, 3.8) is 0 Å². The molecule has 2 aliphatic rings. The van der Waals surface area contributed by atoms with Gasteiger partial charge in [0.1, 0.15) is 12.1 Å². The minimum absolute atomic E-state index is 0.241. The second kappa shape index (κ2) is 6.49. The van der Waals surface area contributed by atoms with Crippen LogP contribution in [0.25, 0.3) is 0 Å². The maximum atomic E-state index is 13.1. The fraction of sp³-hybridized carbons (Fsp3) is 0.350. The first kappa shape index (κ1) is 17.7. The highest BCUT2D eigenvalue weighted by Crippen LogP contribution is 2.41. The van der Waals surface area contributed by atoms with Crippen LogP contribution < -0.4 is 5.32 Å². The molecule has 2 heterocycles. The van der Waals surface area contributed by atoms with Crippen LogP contribution in [0.15, 0.2) is 35.7 Å². The number of thiophene rings is 1. The summed E-state index contributed by atoms with van der Waals surface area (Å²) in [5.74, 6) is -0.582. The van der Waals surface area contributed by atoms with E-state index in [0.717, 1.165) is 32.9 Å². The SMILES string of the molecule is Cc1ccsc1CN(C)C(=O)CN1C(=O)N[C@@]2(CCc3ccccc32)C1=O. The lowest BCUT2D eigenvalue weighted by atomic mass is 9.92. The lowest BCUT2D eigenvalue weighted by molar-refractivity contribution is -0.138. The molecule has 0 saturated carbocycles. The Kier molecular flexibility index (Phi) is 4.26. The van der Waals surface area contributed by atoms with E-state index in [9.17, 15) is 14.4 Å². The van der Waals surface area contributed by atoms with Gasteiger partial charge in [-0.3, -0.25) is 14.5 Å². The predicted octanol–water partition coefficient (Wildman–Crippen LogP) is 2.41. The van der Waals surface area contributed by atoms with E-state index in [2.05, 4.69) is 5.32 Å². The number of urea groups is 1. The van der Waals surface area contributed by atoms with E-state index in [1.165, 1.54) is 0 Å². The van der Waals surface area contributed by atoms with E-state index in [4.69, 9.17) is 0 Å². The number of carbonyl (C=O) groups excluding carboxylic acids is 3. The van der Waals surface area contributed by atoms with E-state index in [1.54, 1.807) is 23.3 Å². The monoisotopic (exact) mass is 383 g/mol. The van der Waals surface area contributed by atoms with Gasteiger partial charge in [-0.05, 0) is 47.9 Å². The summed E-state index contributed by atoms with van der Waals surface area (Å²) >= 11 is 1.59. The van der Waals surface area contributed by atoms with Crippen molar-refractivity contribution in [3.05, 3.63) is 57.3 Å². The summed E-state index contributed by atoms with van der Waals surface area (Å²) in [6, 6.07) is 9.19. The first-order valence-electron chi connectivity index (χ1n) is 8.92. The van der Waals surface area contributed by atoms with Gasteiger partial charge < -0.3 is 10.2 Å². The number of amides is 4. The molecule has 4 rings (SSSR count). The fourth-order valence-corrected chi connectivity index (χ4v) is 4.82. The van der Waals surface area contributed by atoms with Gasteiger partial charge in [-0.25, -0.2) is 4.79 Å². The minimum Gasteiger partial charge on any atom is -0.339 e. The first-order valence-corrected chi connectivity index (χ1v) is 9.80. The summed E-state index contributed by atoms with van der Waals surface area (Å²) in [5.41, 5.74) is 2.04. The molecule has 27 heavy (non-hydrogen) atoms. The Labute approximate surface area is 161 Å². The molecule has 1 aliphatic carbocycles. The van der Waals surface area contributed by atoms with E-state index < -0.39 is 11.6 Å². The molecule has 1 fully saturated rings. The Balaban J connectivity index is 1.50. The number of aryl methyl sites for hydroxylation is 2. The molecule has 140 valence electrons. The summed E-state index contributed by atoms with van der Waals surface area (Å²) < 4.78 is 0. The molecule has 6 nitrogen and oxygen atoms in total. The third-order valence-corrected chi connectivity index (χ3v) is 6.50. The van der Waals surface area contributed by atoms with Gasteiger partial charge in [-0.1, -0.05) is 24.3 Å². The van der Waals surface area contributed by atoms with E-state index >= 15 is 0 Å². The van der Waals surface area contributed by atoms with Crippen molar-refractivity contribution < 1.29 is 14.4 Å². The molecule has 1 aromatic heterocycles. The molecule has 1 aliphatic heterocycles. The number of rotatable bonds is 4. The smallest absolute Gasteiger partial charge is 0.325 e. The van der Waals surface area contributed by atoms with E-state index in [0.29, 0.717) is 13.0 Å². The van der Waals surface area contributed by atoms with E-state index in [1.807, 2.05) is 42.6 Å². The highest BCUT2D eigenvalue weighted by molar-refractivity contribution is 7.10. The van der Waals surface area contributed by atoms with Gasteiger partial charge in [0.25, 0.3) is 5.91 Å². The number of nitrogens with zero attached hydrogens (tertiary/aromatic N) is 2. The summed E-state index contributed by atoms with van der Waals surface area (Å²) in [4.78, 5) is 42.0. The first-order chi connectivity index (χ1) is 12.9. The summed E-state index contributed by atoms with van der Waals surface area (Å²) in [6.45, 7) is 2.23. The van der Waals surface area contributed by atoms with Crippen LogP contribution in [-0.4, -0.2) is 41.2 Å². The van der Waals surface area contributed by atoms with Crippen LogP contribution in [0.1, 0.15) is 28.0 Å². The molecule has 2 aromatic rings. The van der Waals surface area contributed by atoms with Crippen molar-refractivity contribution in [2.45, 2.75) is 31.8 Å². The van der Waals surface area contributed by atoms with Crippen LogP contribution in [0.2, 0.25) is 0 Å². The number of fused-ring (bicyclic) bond motifs is 2. The van der Waals surface area contributed by atoms with Crippen LogP contribution in [0, 0.1) is 6.92 Å². The van der Waals surface area contributed by atoms with Crippen LogP contribution in [0.5, 0.6) is 0 Å². The average molecular weight is 383 g/mol. The normalized spacial score (nSPS) is 20.9. The third kappa shape index (κ3) is 2.82. The topological polar surface area (TPSA) is 69.7 Å². The van der Waals surface area contributed by atoms with Crippen molar-refractivity contribution in [2.75, 3.05) is 13.6 Å². The van der Waals surface area contributed by atoms with Gasteiger partial charge >= 0.3 is 6.03 Å². The summed E-state index contributed by atoms with van der Waals surface area (Å²) in [7, 11) is 1.70. The molecule has 0 radical (unpaired) electrons. The Morgan fingerprint density at radius 3 is 2.81 bits per heavy atom. The molecule has 4 amide bonds. The van der Waals surface area contributed by atoms with Gasteiger partial charge in [-0.2, -0.15) is 0 Å². The number of hydrogen-bond acceptors (Lipinski definition) is 4. The van der Waals surface area contributed by atoms with Crippen LogP contribution in [0.4, 0.5) is 4.79 Å². The lowest BCUT2D eigenvalue weighted by Gasteiger charge is -2.23. The second-order valence-corrected chi connectivity index (χ2v) is 8.16. The van der Waals surface area contributed by atoms with Gasteiger partial charge in [0.2, 0.25) is 5.91 Å². The van der Waals surface area contributed by atoms with Crippen LogP contribution in [-0.2, 0) is 28.1 Å². The predicted molar refractivity (Wildman–Crippen MR) is 102 cm³/mol. The zero-order valence-electron chi connectivity index (χ0n) is 15.3. The maximum Gasteiger partial charge on any atom is 0.325 e. The fourth-order valence-electron chi connectivity index (χ4n) is 3.86. The number of hydrogen-bond donors (Lipinski definition) is 1. The Morgan fingerprint density at radius 1 is 1.30 bits per heavy atom. The summed E-state index contributed by atoms with van der Waals surface area (Å²) in [6.07, 6.45) is 1.27. The van der Waals surface area contributed by atoms with Crippen molar-refractivity contribution in [3.8, 4) is 0 Å². The molecule has 1 atom stereocenters. The van der Waals surface area contributed by atoms with Gasteiger partial charge in [-0.15, -0.1) is 11.3 Å². The number of imide groups is 1. The molecule has 0 unspecified atom stereocenters. The summed E-state index contributed by atoms with van der Waals surface area (Å²) in [5, 5.41) is 4.84. The number of likely N-dealkylation sites (N-methyl/N-ethyl adjacent to an activating group) is 1. The van der Waals surface area contributed by atoms with Crippen LogP contribution >= 0.6 is 11.3 Å². The third-order valence-electron chi connectivity index (χ3n) is 5.49. The number of benzene rings is 1. The zero-order valence-corrected chi connectivity index (χ0v) is 16.1. The zero-order chi connectivity index (χ0) is 19.2. The Morgan fingerprint density at radius 2 is 2.07 bits per heavy atom. The highest BCUT2D eigenvalue weighted by atomic mass is 32.1. The van der Waals surface area contributed by atoms with Crippen molar-refractivity contribution in [2.24, 2.45) is 0 Å². The van der Waals surface area contributed by atoms with Crippen molar-refractivity contribution in [1.82, 2.24) is 15.1 Å². The van der Waals surface area contributed by atoms with Gasteiger partial charge in [0.15, 0.2) is 0 Å². The highest BCUT2D eigenvalue weighted by Gasteiger charge is 2.55. The Hall–Kier alpha value is -2.67. The van der Waals surface area contributed by atoms with Crippen molar-refractivity contribution >= 4 is 29.2 Å². The molecule has 1 spiro atoms. The average Bonchev–Trinajstić information content (AvgIpc) is 3.29. The van der Waals surface area contributed by atoms with Crippen molar-refractivity contribution in [1.29, 1.82) is 0 Å². The second-order valence-electron chi connectivity index (χ2n) is 7.16. The number of carbonyl (C=O) groups is 3. The quantitative estimate of drug-likeness (QED) is 0.825. The molecule has 7 heteroatoms. The maximum absolute atomic E-state index is 13.1. The molecule has 0 bridgehead atoms.